The van der Waals surface area contributed by atoms with E-state index in [1.165, 1.54) is 84.9 Å². The topological polar surface area (TPSA) is 99.2 Å². The number of hydrogen-bond acceptors (Lipinski definition) is 8. The minimum absolute atomic E-state index is 0.0840. The molecule has 0 spiro atoms. The average Bonchev–Trinajstić information content (AvgIpc) is 4.00. The minimum Gasteiger partial charge on any atom is -0.497 e. The number of aromatic nitrogens is 1. The van der Waals surface area contributed by atoms with E-state index < -0.39 is 5.41 Å². The Hall–Kier alpha value is -4.79. The first-order chi connectivity index (χ1) is 31.6. The van der Waals surface area contributed by atoms with E-state index in [4.69, 9.17) is 9.53 Å². The van der Waals surface area contributed by atoms with Gasteiger partial charge < -0.3 is 34.5 Å². The van der Waals surface area contributed by atoms with Gasteiger partial charge in [0, 0.05) is 73.6 Å². The molecule has 2 aliphatic carbocycles. The molecular formula is C55H78N6O4. The molecule has 4 aliphatic rings. The zero-order valence-corrected chi connectivity index (χ0v) is 40.7. The second kappa shape index (κ2) is 25.2. The third kappa shape index (κ3) is 12.8. The van der Waals surface area contributed by atoms with Gasteiger partial charge in [-0.05, 0) is 146 Å². The lowest BCUT2D eigenvalue weighted by Crippen LogP contribution is -2.42. The van der Waals surface area contributed by atoms with Gasteiger partial charge in [-0.15, -0.1) is 12.3 Å². The number of terminal acetylenes is 1. The molecular weight excluding hydrogens is 809 g/mol. The molecule has 1 aromatic heterocycles. The number of ketones is 1. The monoisotopic (exact) mass is 887 g/mol. The zero-order chi connectivity index (χ0) is 46.9. The van der Waals surface area contributed by atoms with Crippen LogP contribution in [0.25, 0.3) is 22.2 Å². The van der Waals surface area contributed by atoms with E-state index in [1.807, 2.05) is 19.9 Å². The molecule has 10 heteroatoms. The number of ether oxygens (including phenoxy) is 1. The Morgan fingerprint density at radius 1 is 0.954 bits per heavy atom. The van der Waals surface area contributed by atoms with E-state index in [2.05, 4.69) is 124 Å². The maximum Gasteiger partial charge on any atom is 0.251 e. The maximum atomic E-state index is 15.4. The third-order valence-electron chi connectivity index (χ3n) is 14.1. The number of fused-ring (bicyclic) bond motifs is 7. The molecule has 2 saturated carbocycles. The lowest BCUT2D eigenvalue weighted by molar-refractivity contribution is -0.126. The van der Waals surface area contributed by atoms with E-state index in [0.717, 1.165) is 69.5 Å². The molecule has 1 amide bonds. The predicted molar refractivity (Wildman–Crippen MR) is 268 cm³/mol. The lowest BCUT2D eigenvalue weighted by atomic mass is 9.81. The molecule has 2 N–H and O–H groups in total. The van der Waals surface area contributed by atoms with Gasteiger partial charge in [0.25, 0.3) is 5.91 Å². The summed E-state index contributed by atoms with van der Waals surface area (Å²) in [6.07, 6.45) is 17.9. The number of hydrogen-bond donors (Lipinski definition) is 2. The number of likely N-dealkylation sites (tertiary alicyclic amines) is 1. The van der Waals surface area contributed by atoms with Crippen molar-refractivity contribution in [1.29, 1.82) is 0 Å². The molecule has 2 aliphatic heterocycles. The Morgan fingerprint density at radius 2 is 1.66 bits per heavy atom. The predicted octanol–water partition coefficient (Wildman–Crippen LogP) is 9.16. The summed E-state index contributed by atoms with van der Waals surface area (Å²) in [6, 6.07) is 23.7. The van der Waals surface area contributed by atoms with Gasteiger partial charge in [-0.1, -0.05) is 68.5 Å². The number of carbonyl (C=O) groups excluding carboxylic acids is 3. The van der Waals surface area contributed by atoms with Crippen molar-refractivity contribution in [2.24, 2.45) is 5.41 Å². The second-order valence-corrected chi connectivity index (χ2v) is 18.8. The lowest BCUT2D eigenvalue weighted by Gasteiger charge is -2.34. The first kappa shape index (κ1) is 51.2. The van der Waals surface area contributed by atoms with Crippen molar-refractivity contribution in [3.05, 3.63) is 89.0 Å². The Labute approximate surface area is 390 Å². The molecule has 3 heterocycles. The van der Waals surface area contributed by atoms with Gasteiger partial charge in [0.05, 0.1) is 18.2 Å². The van der Waals surface area contributed by atoms with Crippen molar-refractivity contribution in [2.45, 2.75) is 115 Å². The minimum atomic E-state index is -0.518. The average molecular weight is 887 g/mol. The highest BCUT2D eigenvalue weighted by Crippen LogP contribution is 2.66. The van der Waals surface area contributed by atoms with Crippen molar-refractivity contribution in [3.63, 3.8) is 0 Å². The number of rotatable bonds is 18. The molecule has 3 fully saturated rings. The summed E-state index contributed by atoms with van der Waals surface area (Å²) in [4.78, 5) is 43.7. The SMILES string of the molecule is C#CC.C=O.CN1CCC1.CNCCCCCC(CC(=O)C12CC1c1cc(OC)ccc1-c1c(C3CCCCC3)c3ccc(C(=O)NC)cc3n1C2)N(CCN(C)C)Cc1ccccc1. The van der Waals surface area contributed by atoms with Crippen LogP contribution < -0.4 is 15.4 Å². The van der Waals surface area contributed by atoms with Crippen LogP contribution in [-0.4, -0.2) is 119 Å². The summed E-state index contributed by atoms with van der Waals surface area (Å²) in [5.41, 5.74) is 7.65. The smallest absolute Gasteiger partial charge is 0.251 e. The van der Waals surface area contributed by atoms with Crippen LogP contribution in [0.2, 0.25) is 0 Å². The van der Waals surface area contributed by atoms with Crippen molar-refractivity contribution < 1.29 is 19.1 Å². The van der Waals surface area contributed by atoms with Crippen LogP contribution in [0.4, 0.5) is 0 Å². The number of unbranched alkanes of at least 4 members (excludes halogenated alkanes) is 2. The number of amides is 1. The van der Waals surface area contributed by atoms with Crippen LogP contribution in [0.5, 0.6) is 5.75 Å². The summed E-state index contributed by atoms with van der Waals surface area (Å²) >= 11 is 0. The molecule has 0 bridgehead atoms. The fourth-order valence-electron chi connectivity index (χ4n) is 10.4. The van der Waals surface area contributed by atoms with Gasteiger partial charge in [0.1, 0.15) is 18.3 Å². The highest BCUT2D eigenvalue weighted by molar-refractivity contribution is 6.02. The summed E-state index contributed by atoms with van der Waals surface area (Å²) in [6.45, 7) is 10.6. The highest BCUT2D eigenvalue weighted by atomic mass is 16.5. The van der Waals surface area contributed by atoms with E-state index in [0.29, 0.717) is 30.2 Å². The number of carbonyl (C=O) groups is 3. The molecule has 1 saturated heterocycles. The third-order valence-corrected chi connectivity index (χ3v) is 14.1. The normalized spacial score (nSPS) is 18.9. The number of Topliss-reactive ketones (excluding diaryl/α,β-unsaturated/α-hetero) is 1. The van der Waals surface area contributed by atoms with Crippen LogP contribution in [0.15, 0.2) is 66.7 Å². The van der Waals surface area contributed by atoms with Crippen LogP contribution in [0.1, 0.15) is 123 Å². The molecule has 4 aromatic rings. The number of nitrogens with zero attached hydrogens (tertiary/aromatic N) is 4. The van der Waals surface area contributed by atoms with Crippen molar-refractivity contribution in [1.82, 2.24) is 29.9 Å². The first-order valence-electron chi connectivity index (χ1n) is 24.1. The molecule has 10 nitrogen and oxygen atoms in total. The molecule has 3 unspecified atom stereocenters. The fourth-order valence-corrected chi connectivity index (χ4v) is 10.4. The summed E-state index contributed by atoms with van der Waals surface area (Å²) in [5.74, 6) is 3.96. The molecule has 65 heavy (non-hydrogen) atoms. The van der Waals surface area contributed by atoms with Gasteiger partial charge in [-0.2, -0.15) is 0 Å². The van der Waals surface area contributed by atoms with E-state index >= 15 is 4.79 Å². The second-order valence-electron chi connectivity index (χ2n) is 18.8. The Balaban J connectivity index is 0.000000717. The van der Waals surface area contributed by atoms with E-state index in [9.17, 15) is 4.79 Å². The van der Waals surface area contributed by atoms with E-state index in [1.54, 1.807) is 21.1 Å². The number of nitrogens with one attached hydrogen (secondary N) is 2. The number of likely N-dealkylation sites (N-methyl/N-ethyl adjacent to an activating group) is 1. The molecule has 352 valence electrons. The van der Waals surface area contributed by atoms with Gasteiger partial charge >= 0.3 is 0 Å². The molecule has 3 aromatic carbocycles. The summed E-state index contributed by atoms with van der Waals surface area (Å²) in [7, 11) is 11.9. The van der Waals surface area contributed by atoms with Crippen molar-refractivity contribution in [3.8, 4) is 29.4 Å². The largest absolute Gasteiger partial charge is 0.497 e. The molecule has 3 atom stereocenters. The van der Waals surface area contributed by atoms with Gasteiger partial charge in [-0.3, -0.25) is 14.5 Å². The highest BCUT2D eigenvalue weighted by Gasteiger charge is 2.62. The summed E-state index contributed by atoms with van der Waals surface area (Å²) < 4.78 is 8.32. The van der Waals surface area contributed by atoms with Crippen LogP contribution in [0, 0.1) is 17.8 Å². The Kier molecular flexibility index (Phi) is 19.9. The molecule has 0 radical (unpaired) electrons. The van der Waals surface area contributed by atoms with E-state index in [-0.39, 0.29) is 17.9 Å². The number of methoxy groups -OCH3 is 1. The Morgan fingerprint density at radius 3 is 2.28 bits per heavy atom. The standard InChI is InChI=1S/C47H63N5O3.C4H9N.C3H4.CH2O/c1-48-24-14-8-13-19-36(51(26-25-50(3)4)31-33-15-9-6-10-16-33)28-43(53)47-30-41(47)40-29-37(55-5)21-23-38(40)45-44(34-17-11-7-12-18-34)39-22-20-35(46(54)49-2)27-42(39)52(45)32-47;1-5-3-2-4-5;1-3-2;1-2/h6,9-10,15-16,20-23,27,29,34,36,41,48H,7-8,11-14,17-19,24-26,28,30-32H2,1-5H3,(H,49,54);2-4H2,1H3;1H,2H3;1H2. The Bertz CT molecular complexity index is 2170. The van der Waals surface area contributed by atoms with Crippen molar-refractivity contribution >= 4 is 29.4 Å². The van der Waals surface area contributed by atoms with Gasteiger partial charge in [0.2, 0.25) is 0 Å². The first-order valence-corrected chi connectivity index (χ1v) is 24.1. The fraction of sp³-hybridized carbons (Fsp3) is 0.545. The zero-order valence-electron chi connectivity index (χ0n) is 40.7. The van der Waals surface area contributed by atoms with Crippen LogP contribution in [-0.2, 0) is 22.7 Å². The summed E-state index contributed by atoms with van der Waals surface area (Å²) in [5, 5.41) is 7.38. The van der Waals surface area contributed by atoms with Crippen LogP contribution in [0.3, 0.4) is 0 Å². The quantitative estimate of drug-likeness (QED) is 0.0755. The maximum absolute atomic E-state index is 15.4. The van der Waals surface area contributed by atoms with Crippen molar-refractivity contribution in [2.75, 3.05) is 75.1 Å². The van der Waals surface area contributed by atoms with Gasteiger partial charge in [0.15, 0.2) is 0 Å². The van der Waals surface area contributed by atoms with Gasteiger partial charge in [-0.25, -0.2) is 0 Å². The number of benzene rings is 3. The van der Waals surface area contributed by atoms with Crippen LogP contribution >= 0.6 is 0 Å². The molecule has 8 rings (SSSR count).